The van der Waals surface area contributed by atoms with E-state index >= 15 is 0 Å². The number of nitrogens with zero attached hydrogens (tertiary/aromatic N) is 4. The highest BCUT2D eigenvalue weighted by Gasteiger charge is 2.16. The number of nitrogens with one attached hydrogen (secondary N) is 2. The number of nitrogens with two attached hydrogens (primary N) is 1. The summed E-state index contributed by atoms with van der Waals surface area (Å²) in [5, 5.41) is 6.55. The van der Waals surface area contributed by atoms with Crippen LogP contribution in [0.2, 0.25) is 0 Å². The molecule has 3 rings (SSSR count). The van der Waals surface area contributed by atoms with Crippen LogP contribution in [0.1, 0.15) is 5.56 Å². The molecular formula is C21H33N7O3. The third-order valence-corrected chi connectivity index (χ3v) is 4.62. The molecule has 2 aromatic rings. The first-order chi connectivity index (χ1) is 15.3. The normalized spacial score (nSPS) is 13.9. The summed E-state index contributed by atoms with van der Waals surface area (Å²) in [5.41, 5.74) is 6.65. The molecular weight excluding hydrogens is 398 g/mol. The average molecular weight is 432 g/mol. The van der Waals surface area contributed by atoms with Gasteiger partial charge in [0.1, 0.15) is 0 Å². The minimum atomic E-state index is 0.522. The fourth-order valence-corrected chi connectivity index (χ4v) is 3.03. The van der Waals surface area contributed by atoms with Gasteiger partial charge in [0.25, 0.3) is 0 Å². The van der Waals surface area contributed by atoms with Crippen LogP contribution in [0.15, 0.2) is 30.3 Å². The van der Waals surface area contributed by atoms with Crippen molar-refractivity contribution >= 4 is 17.8 Å². The predicted octanol–water partition coefficient (Wildman–Crippen LogP) is 0.767. The van der Waals surface area contributed by atoms with E-state index in [1.165, 1.54) is 5.56 Å². The van der Waals surface area contributed by atoms with Crippen molar-refractivity contribution in [3.05, 3.63) is 35.9 Å². The predicted molar refractivity (Wildman–Crippen MR) is 121 cm³/mol. The van der Waals surface area contributed by atoms with Crippen molar-refractivity contribution in [2.75, 3.05) is 87.9 Å². The molecule has 10 nitrogen and oxygen atoms in total. The molecule has 0 amide bonds. The van der Waals surface area contributed by atoms with Crippen molar-refractivity contribution in [1.29, 1.82) is 0 Å². The Morgan fingerprint density at radius 3 is 2.26 bits per heavy atom. The first-order valence-corrected chi connectivity index (χ1v) is 10.8. The Labute approximate surface area is 183 Å². The van der Waals surface area contributed by atoms with Crippen LogP contribution in [0, 0.1) is 0 Å². The molecule has 31 heavy (non-hydrogen) atoms. The van der Waals surface area contributed by atoms with Crippen LogP contribution in [0.5, 0.6) is 0 Å². The SMILES string of the molecule is NCCOCCOCCNc1nc(NCCc2ccccc2)nc(N2CCOCC2)n1. The Kier molecular flexibility index (Phi) is 10.2. The highest BCUT2D eigenvalue weighted by atomic mass is 16.5. The van der Waals surface area contributed by atoms with Crippen LogP contribution >= 0.6 is 0 Å². The smallest absolute Gasteiger partial charge is 0.232 e. The lowest BCUT2D eigenvalue weighted by atomic mass is 10.1. The third-order valence-electron chi connectivity index (χ3n) is 4.62. The molecule has 0 unspecified atom stereocenters. The van der Waals surface area contributed by atoms with Gasteiger partial charge in [-0.15, -0.1) is 0 Å². The summed E-state index contributed by atoms with van der Waals surface area (Å²) in [6.45, 7) is 6.87. The molecule has 1 aromatic heterocycles. The second kappa shape index (κ2) is 13.7. The van der Waals surface area contributed by atoms with Crippen molar-refractivity contribution in [3.63, 3.8) is 0 Å². The highest BCUT2D eigenvalue weighted by Crippen LogP contribution is 2.15. The van der Waals surface area contributed by atoms with E-state index in [1.54, 1.807) is 0 Å². The van der Waals surface area contributed by atoms with E-state index in [1.807, 2.05) is 18.2 Å². The van der Waals surface area contributed by atoms with Gasteiger partial charge in [0.15, 0.2) is 0 Å². The first kappa shape index (κ1) is 23.1. The number of rotatable bonds is 14. The van der Waals surface area contributed by atoms with Gasteiger partial charge >= 0.3 is 0 Å². The molecule has 0 radical (unpaired) electrons. The van der Waals surface area contributed by atoms with E-state index in [0.717, 1.165) is 26.1 Å². The molecule has 1 fully saturated rings. The van der Waals surface area contributed by atoms with E-state index in [9.17, 15) is 0 Å². The zero-order valence-electron chi connectivity index (χ0n) is 18.0. The maximum Gasteiger partial charge on any atom is 0.232 e. The molecule has 1 aliphatic rings. The number of ether oxygens (including phenoxy) is 3. The summed E-state index contributed by atoms with van der Waals surface area (Å²) < 4.78 is 16.3. The summed E-state index contributed by atoms with van der Waals surface area (Å²) in [6.07, 6.45) is 0.891. The van der Waals surface area contributed by atoms with Crippen LogP contribution < -0.4 is 21.3 Å². The topological polar surface area (TPSA) is 120 Å². The van der Waals surface area contributed by atoms with E-state index in [4.69, 9.17) is 19.9 Å². The molecule has 1 aliphatic heterocycles. The quantitative estimate of drug-likeness (QED) is 0.370. The molecule has 0 spiro atoms. The van der Waals surface area contributed by atoms with Crippen LogP contribution in [0.3, 0.4) is 0 Å². The number of anilines is 3. The Hall–Kier alpha value is -2.53. The first-order valence-electron chi connectivity index (χ1n) is 10.8. The maximum atomic E-state index is 5.55. The molecule has 1 saturated heterocycles. The minimum absolute atomic E-state index is 0.522. The van der Waals surface area contributed by atoms with Gasteiger partial charge in [0.2, 0.25) is 17.8 Å². The van der Waals surface area contributed by atoms with Gasteiger partial charge in [-0.05, 0) is 12.0 Å². The fraction of sp³-hybridized carbons (Fsp3) is 0.571. The summed E-state index contributed by atoms with van der Waals surface area (Å²) in [5.74, 6) is 1.74. The summed E-state index contributed by atoms with van der Waals surface area (Å²) >= 11 is 0. The number of aromatic nitrogens is 3. The van der Waals surface area contributed by atoms with Gasteiger partial charge in [-0.1, -0.05) is 30.3 Å². The van der Waals surface area contributed by atoms with Crippen LogP contribution in [0.25, 0.3) is 0 Å². The van der Waals surface area contributed by atoms with E-state index < -0.39 is 0 Å². The molecule has 0 saturated carbocycles. The number of hydrogen-bond acceptors (Lipinski definition) is 10. The van der Waals surface area contributed by atoms with Gasteiger partial charge in [-0.3, -0.25) is 0 Å². The molecule has 2 heterocycles. The van der Waals surface area contributed by atoms with Crippen LogP contribution in [-0.2, 0) is 20.6 Å². The molecule has 170 valence electrons. The molecule has 0 aliphatic carbocycles. The van der Waals surface area contributed by atoms with Gasteiger partial charge in [0, 0.05) is 32.7 Å². The van der Waals surface area contributed by atoms with E-state index in [0.29, 0.717) is 70.6 Å². The largest absolute Gasteiger partial charge is 0.378 e. The van der Waals surface area contributed by atoms with Crippen LogP contribution in [0.4, 0.5) is 17.8 Å². The minimum Gasteiger partial charge on any atom is -0.378 e. The summed E-state index contributed by atoms with van der Waals surface area (Å²) in [4.78, 5) is 15.8. The second-order valence-corrected chi connectivity index (χ2v) is 6.98. The molecule has 1 aromatic carbocycles. The third kappa shape index (κ3) is 8.62. The van der Waals surface area contributed by atoms with Gasteiger partial charge in [-0.25, -0.2) is 0 Å². The molecule has 0 atom stereocenters. The Morgan fingerprint density at radius 1 is 0.871 bits per heavy atom. The molecule has 10 heteroatoms. The summed E-state index contributed by atoms with van der Waals surface area (Å²) in [6, 6.07) is 10.3. The van der Waals surface area contributed by atoms with Crippen molar-refractivity contribution in [2.45, 2.75) is 6.42 Å². The molecule has 0 bridgehead atoms. The maximum absolute atomic E-state index is 5.55. The zero-order valence-corrected chi connectivity index (χ0v) is 18.0. The Balaban J connectivity index is 1.52. The zero-order chi connectivity index (χ0) is 21.6. The van der Waals surface area contributed by atoms with E-state index in [2.05, 4.69) is 42.6 Å². The van der Waals surface area contributed by atoms with Crippen molar-refractivity contribution in [2.24, 2.45) is 5.73 Å². The number of benzene rings is 1. The number of hydrogen-bond donors (Lipinski definition) is 3. The van der Waals surface area contributed by atoms with Crippen molar-refractivity contribution in [3.8, 4) is 0 Å². The van der Waals surface area contributed by atoms with Gasteiger partial charge in [-0.2, -0.15) is 15.0 Å². The van der Waals surface area contributed by atoms with Crippen molar-refractivity contribution in [1.82, 2.24) is 15.0 Å². The Morgan fingerprint density at radius 2 is 1.55 bits per heavy atom. The summed E-state index contributed by atoms with van der Waals surface area (Å²) in [7, 11) is 0. The van der Waals surface area contributed by atoms with Gasteiger partial charge < -0.3 is 35.5 Å². The lowest BCUT2D eigenvalue weighted by molar-refractivity contribution is 0.0547. The van der Waals surface area contributed by atoms with E-state index in [-0.39, 0.29) is 0 Å². The number of morpholine rings is 1. The Bertz CT molecular complexity index is 745. The second-order valence-electron chi connectivity index (χ2n) is 6.98. The molecule has 4 N–H and O–H groups in total. The average Bonchev–Trinajstić information content (AvgIpc) is 2.82. The lowest BCUT2D eigenvalue weighted by Gasteiger charge is -2.27. The fourth-order valence-electron chi connectivity index (χ4n) is 3.03. The van der Waals surface area contributed by atoms with Crippen molar-refractivity contribution < 1.29 is 14.2 Å². The lowest BCUT2D eigenvalue weighted by Crippen LogP contribution is -2.37. The monoisotopic (exact) mass is 431 g/mol. The highest BCUT2D eigenvalue weighted by molar-refractivity contribution is 5.44. The van der Waals surface area contributed by atoms with Crippen LogP contribution in [-0.4, -0.2) is 87.3 Å². The standard InChI is InChI=1S/C21H33N7O3/c22-7-12-29-16-17-30-13-9-24-20-25-19(23-8-6-18-4-2-1-3-5-18)26-21(27-20)28-10-14-31-15-11-28/h1-5H,6-17,22H2,(H2,23,24,25,26,27). The van der Waals surface area contributed by atoms with Gasteiger partial charge in [0.05, 0.1) is 39.6 Å².